The van der Waals surface area contributed by atoms with E-state index in [1.54, 1.807) is 6.07 Å². The van der Waals surface area contributed by atoms with Crippen molar-refractivity contribution >= 4 is 22.4 Å². The molecule has 0 aliphatic rings. The van der Waals surface area contributed by atoms with Crippen molar-refractivity contribution in [2.24, 2.45) is 0 Å². The lowest BCUT2D eigenvalue weighted by molar-refractivity contribution is 0.0699. The molecule has 0 fully saturated rings. The highest BCUT2D eigenvalue weighted by atomic mass is 16.4. The lowest BCUT2D eigenvalue weighted by Gasteiger charge is -2.10. The zero-order valence-corrected chi connectivity index (χ0v) is 14.4. The Balaban J connectivity index is 2.08. The number of carboxylic acid groups (broad SMARTS) is 1. The molecule has 0 aliphatic carbocycles. The second-order valence-corrected chi connectivity index (χ2v) is 6.48. The van der Waals surface area contributed by atoms with Crippen molar-refractivity contribution in [1.82, 2.24) is 9.38 Å². The quantitative estimate of drug-likeness (QED) is 0.575. The van der Waals surface area contributed by atoms with E-state index in [4.69, 9.17) is 4.98 Å². The van der Waals surface area contributed by atoms with Crippen LogP contribution in [0.3, 0.4) is 0 Å². The van der Waals surface area contributed by atoms with E-state index in [9.17, 15) is 9.90 Å². The lowest BCUT2D eigenvalue weighted by Crippen LogP contribution is -2.02. The van der Waals surface area contributed by atoms with E-state index in [1.807, 2.05) is 57.3 Å². The maximum absolute atomic E-state index is 11.8. The maximum atomic E-state index is 11.8. The van der Waals surface area contributed by atoms with Gasteiger partial charge in [-0.05, 0) is 56.7 Å². The molecule has 0 aliphatic heterocycles. The van der Waals surface area contributed by atoms with E-state index in [1.165, 1.54) is 0 Å². The number of carboxylic acids is 1. The summed E-state index contributed by atoms with van der Waals surface area (Å²) in [5.41, 5.74) is 6.82. The first kappa shape index (κ1) is 15.4. The lowest BCUT2D eigenvalue weighted by atomic mass is 10.00. The van der Waals surface area contributed by atoms with Crippen LogP contribution in [-0.4, -0.2) is 20.5 Å². The summed E-state index contributed by atoms with van der Waals surface area (Å²) in [5.74, 6) is -0.930. The Labute approximate surface area is 145 Å². The summed E-state index contributed by atoms with van der Waals surface area (Å²) in [6.07, 6.45) is 2.00. The third kappa shape index (κ3) is 2.38. The van der Waals surface area contributed by atoms with E-state index in [2.05, 4.69) is 10.5 Å². The molecule has 4 rings (SSSR count). The first-order chi connectivity index (χ1) is 12.0. The summed E-state index contributed by atoms with van der Waals surface area (Å²) in [6, 6.07) is 13.7. The van der Waals surface area contributed by atoms with Crippen LogP contribution >= 0.6 is 0 Å². The number of benzene rings is 1. The van der Waals surface area contributed by atoms with Crippen molar-refractivity contribution in [2.45, 2.75) is 20.8 Å². The Morgan fingerprint density at radius 2 is 1.88 bits per heavy atom. The van der Waals surface area contributed by atoms with Gasteiger partial charge >= 0.3 is 5.97 Å². The zero-order valence-electron chi connectivity index (χ0n) is 14.4. The number of aromatic carboxylic acids is 1. The van der Waals surface area contributed by atoms with Crippen LogP contribution in [0.5, 0.6) is 0 Å². The van der Waals surface area contributed by atoms with E-state index in [0.717, 1.165) is 33.4 Å². The van der Waals surface area contributed by atoms with Crippen LogP contribution in [-0.2, 0) is 0 Å². The highest BCUT2D eigenvalue weighted by molar-refractivity contribution is 6.05. The van der Waals surface area contributed by atoms with Gasteiger partial charge in [0, 0.05) is 28.4 Å². The zero-order chi connectivity index (χ0) is 17.7. The number of hydrogen-bond donors (Lipinski definition) is 1. The summed E-state index contributed by atoms with van der Waals surface area (Å²) < 4.78 is 2.09. The summed E-state index contributed by atoms with van der Waals surface area (Å²) in [7, 11) is 0. The molecule has 3 heterocycles. The molecule has 0 saturated heterocycles. The van der Waals surface area contributed by atoms with E-state index < -0.39 is 5.97 Å². The van der Waals surface area contributed by atoms with Crippen LogP contribution < -0.4 is 0 Å². The minimum Gasteiger partial charge on any atom is -0.478 e. The van der Waals surface area contributed by atoms with E-state index >= 15 is 0 Å². The van der Waals surface area contributed by atoms with E-state index in [-0.39, 0.29) is 0 Å². The molecule has 4 heteroatoms. The van der Waals surface area contributed by atoms with Gasteiger partial charge in [0.1, 0.15) is 0 Å². The van der Waals surface area contributed by atoms with Crippen LogP contribution in [0.2, 0.25) is 0 Å². The molecule has 25 heavy (non-hydrogen) atoms. The number of fused-ring (bicyclic) bond motifs is 2. The van der Waals surface area contributed by atoms with Gasteiger partial charge in [0.15, 0.2) is 0 Å². The normalized spacial score (nSPS) is 11.3. The topological polar surface area (TPSA) is 54.6 Å². The van der Waals surface area contributed by atoms with Gasteiger partial charge in [0.05, 0.1) is 16.8 Å². The van der Waals surface area contributed by atoms with Crippen LogP contribution in [0.4, 0.5) is 0 Å². The number of aryl methyl sites for hydroxylation is 3. The molecule has 0 spiro atoms. The van der Waals surface area contributed by atoms with Gasteiger partial charge in [-0.15, -0.1) is 0 Å². The number of aromatic nitrogens is 2. The predicted octanol–water partition coefficient (Wildman–Crippen LogP) is 4.78. The molecule has 124 valence electrons. The van der Waals surface area contributed by atoms with Crippen molar-refractivity contribution < 1.29 is 9.90 Å². The molecule has 0 amide bonds. The molecule has 4 aromatic rings. The number of rotatable bonds is 2. The summed E-state index contributed by atoms with van der Waals surface area (Å²) in [6.45, 7) is 5.97. The second kappa shape index (κ2) is 5.45. The summed E-state index contributed by atoms with van der Waals surface area (Å²) in [4.78, 5) is 16.7. The van der Waals surface area contributed by atoms with Gasteiger partial charge in [-0.25, -0.2) is 9.78 Å². The van der Waals surface area contributed by atoms with Crippen molar-refractivity contribution in [2.75, 3.05) is 0 Å². The Morgan fingerprint density at radius 1 is 1.08 bits per heavy atom. The first-order valence-electron chi connectivity index (χ1n) is 8.18. The molecule has 4 nitrogen and oxygen atoms in total. The van der Waals surface area contributed by atoms with Gasteiger partial charge < -0.3 is 9.51 Å². The number of hydrogen-bond acceptors (Lipinski definition) is 2. The standard InChI is InChI=1S/C21H18N2O2/c1-12-8-13(2)20-17(9-12)18(21(24)25)11-19(22-20)16-10-15-6-4-5-7-23(15)14(16)3/h4-11H,1-3H3,(H,24,25). The maximum Gasteiger partial charge on any atom is 0.336 e. The molecule has 0 bridgehead atoms. The minimum absolute atomic E-state index is 0.293. The number of carbonyl (C=O) groups is 1. The van der Waals surface area contributed by atoms with Crippen molar-refractivity contribution in [1.29, 1.82) is 0 Å². The van der Waals surface area contributed by atoms with Crippen LogP contribution in [0, 0.1) is 20.8 Å². The van der Waals surface area contributed by atoms with Crippen molar-refractivity contribution in [3.63, 3.8) is 0 Å². The van der Waals surface area contributed by atoms with Crippen LogP contribution in [0.15, 0.2) is 48.7 Å². The smallest absolute Gasteiger partial charge is 0.336 e. The second-order valence-electron chi connectivity index (χ2n) is 6.48. The fourth-order valence-corrected chi connectivity index (χ4v) is 3.52. The minimum atomic E-state index is -0.930. The Kier molecular flexibility index (Phi) is 3.35. The van der Waals surface area contributed by atoms with Crippen molar-refractivity contribution in [3.8, 4) is 11.3 Å². The number of pyridine rings is 2. The Hall–Kier alpha value is -3.14. The monoisotopic (exact) mass is 330 g/mol. The highest BCUT2D eigenvalue weighted by Gasteiger charge is 2.17. The molecule has 0 radical (unpaired) electrons. The van der Waals surface area contributed by atoms with Gasteiger partial charge in [-0.1, -0.05) is 17.7 Å². The highest BCUT2D eigenvalue weighted by Crippen LogP contribution is 2.31. The first-order valence-corrected chi connectivity index (χ1v) is 8.18. The van der Waals surface area contributed by atoms with Gasteiger partial charge in [-0.3, -0.25) is 0 Å². The molecule has 0 atom stereocenters. The third-order valence-corrected chi connectivity index (χ3v) is 4.69. The largest absolute Gasteiger partial charge is 0.478 e. The Morgan fingerprint density at radius 3 is 2.60 bits per heavy atom. The number of nitrogens with zero attached hydrogens (tertiary/aromatic N) is 2. The predicted molar refractivity (Wildman–Crippen MR) is 99.3 cm³/mol. The molecule has 3 aromatic heterocycles. The van der Waals surface area contributed by atoms with Crippen molar-refractivity contribution in [3.05, 3.63) is 71.0 Å². The van der Waals surface area contributed by atoms with E-state index in [0.29, 0.717) is 16.6 Å². The Bertz CT molecular complexity index is 1160. The van der Waals surface area contributed by atoms with Gasteiger partial charge in [-0.2, -0.15) is 0 Å². The van der Waals surface area contributed by atoms with Gasteiger partial charge in [0.2, 0.25) is 0 Å². The molecule has 1 N–H and O–H groups in total. The molecular weight excluding hydrogens is 312 g/mol. The summed E-state index contributed by atoms with van der Waals surface area (Å²) >= 11 is 0. The molecule has 0 saturated carbocycles. The SMILES string of the molecule is Cc1cc(C)c2nc(-c3cc4ccccn4c3C)cc(C(=O)O)c2c1. The average molecular weight is 330 g/mol. The molecule has 0 unspecified atom stereocenters. The fourth-order valence-electron chi connectivity index (χ4n) is 3.52. The van der Waals surface area contributed by atoms with Crippen LogP contribution in [0.1, 0.15) is 27.2 Å². The van der Waals surface area contributed by atoms with Gasteiger partial charge in [0.25, 0.3) is 0 Å². The molecule has 1 aromatic carbocycles. The summed E-state index contributed by atoms with van der Waals surface area (Å²) in [5, 5.41) is 10.4. The fraction of sp³-hybridized carbons (Fsp3) is 0.143. The molecular formula is C21H18N2O2. The van der Waals surface area contributed by atoms with Crippen LogP contribution in [0.25, 0.3) is 27.7 Å². The average Bonchev–Trinajstić information content (AvgIpc) is 2.91. The third-order valence-electron chi connectivity index (χ3n) is 4.69.